The minimum atomic E-state index is -3.97. The lowest BCUT2D eigenvalue weighted by Crippen LogP contribution is -2.37. The van der Waals surface area contributed by atoms with E-state index in [-0.39, 0.29) is 11.4 Å². The smallest absolute Gasteiger partial charge is 0.243 e. The topological polar surface area (TPSA) is 84.9 Å². The average Bonchev–Trinajstić information content (AvgIpc) is 2.80. The number of benzene rings is 3. The van der Waals surface area contributed by atoms with Crippen molar-refractivity contribution in [3.05, 3.63) is 82.9 Å². The molecular weight excluding hydrogens is 464 g/mol. The fraction of sp³-hybridized carbons (Fsp3) is 0.208. The number of carbonyl (C=O) groups is 1. The molecule has 0 aliphatic rings. The Bertz CT molecular complexity index is 1230. The molecule has 0 bridgehead atoms. The summed E-state index contributed by atoms with van der Waals surface area (Å²) in [5, 5.41) is 3.14. The van der Waals surface area contributed by atoms with Gasteiger partial charge in [0.2, 0.25) is 15.9 Å². The third-order valence-electron chi connectivity index (χ3n) is 4.95. The molecule has 0 heterocycles. The number of methoxy groups -OCH3 is 2. The van der Waals surface area contributed by atoms with Crippen LogP contribution in [0.4, 0.5) is 5.69 Å². The summed E-state index contributed by atoms with van der Waals surface area (Å²) in [7, 11) is -0.973. The summed E-state index contributed by atoms with van der Waals surface area (Å²) in [4.78, 5) is 13.0. The molecule has 0 spiro atoms. The summed E-state index contributed by atoms with van der Waals surface area (Å²) in [5.74, 6) is 0.443. The van der Waals surface area contributed by atoms with Crippen molar-refractivity contribution in [1.82, 2.24) is 4.31 Å². The zero-order chi connectivity index (χ0) is 24.0. The van der Waals surface area contributed by atoms with Crippen LogP contribution in [-0.4, -0.2) is 39.4 Å². The third kappa shape index (κ3) is 6.04. The quantitative estimate of drug-likeness (QED) is 0.479. The number of ether oxygens (including phenoxy) is 2. The average molecular weight is 489 g/mol. The lowest BCUT2D eigenvalue weighted by atomic mass is 10.2. The number of anilines is 1. The maximum absolute atomic E-state index is 13.4. The molecule has 3 aromatic rings. The highest BCUT2D eigenvalue weighted by Gasteiger charge is 2.27. The molecule has 0 aromatic heterocycles. The van der Waals surface area contributed by atoms with E-state index in [4.69, 9.17) is 21.1 Å². The third-order valence-corrected chi connectivity index (χ3v) is 7.13. The molecule has 174 valence electrons. The first kappa shape index (κ1) is 24.6. The number of sulfonamides is 1. The van der Waals surface area contributed by atoms with Crippen LogP contribution < -0.4 is 14.8 Å². The standard InChI is InChI=1S/C24H25ClN2O5S/c1-17-8-11-20(12-9-17)33(29,30)27(15-18-6-4-5-7-21(18)25)16-24(28)26-19-10-13-22(31-2)23(14-19)32-3/h4-14H,15-16H2,1-3H3,(H,26,28). The van der Waals surface area contributed by atoms with Crippen molar-refractivity contribution in [2.45, 2.75) is 18.4 Å². The Kier molecular flexibility index (Phi) is 7.97. The van der Waals surface area contributed by atoms with Crippen LogP contribution in [0.15, 0.2) is 71.6 Å². The Balaban J connectivity index is 1.88. The van der Waals surface area contributed by atoms with Crippen LogP contribution in [0.25, 0.3) is 0 Å². The minimum absolute atomic E-state index is 0.0603. The minimum Gasteiger partial charge on any atom is -0.493 e. The van der Waals surface area contributed by atoms with Gasteiger partial charge < -0.3 is 14.8 Å². The molecule has 0 unspecified atom stereocenters. The van der Waals surface area contributed by atoms with Gasteiger partial charge in [0, 0.05) is 23.3 Å². The lowest BCUT2D eigenvalue weighted by molar-refractivity contribution is -0.116. The highest BCUT2D eigenvalue weighted by atomic mass is 35.5. The Morgan fingerprint density at radius 3 is 2.27 bits per heavy atom. The molecular formula is C24H25ClN2O5S. The van der Waals surface area contributed by atoms with Crippen molar-refractivity contribution in [1.29, 1.82) is 0 Å². The van der Waals surface area contributed by atoms with Crippen molar-refractivity contribution in [2.24, 2.45) is 0 Å². The number of nitrogens with one attached hydrogen (secondary N) is 1. The van der Waals surface area contributed by atoms with Gasteiger partial charge in [-0.25, -0.2) is 8.42 Å². The van der Waals surface area contributed by atoms with Gasteiger partial charge in [0.25, 0.3) is 0 Å². The van der Waals surface area contributed by atoms with E-state index < -0.39 is 22.5 Å². The van der Waals surface area contributed by atoms with E-state index in [2.05, 4.69) is 5.32 Å². The SMILES string of the molecule is COc1ccc(NC(=O)CN(Cc2ccccc2Cl)S(=O)(=O)c2ccc(C)cc2)cc1OC. The van der Waals surface area contributed by atoms with Crippen LogP contribution in [0, 0.1) is 6.92 Å². The molecule has 0 aliphatic heterocycles. The van der Waals surface area contributed by atoms with Crippen LogP contribution in [0.2, 0.25) is 5.02 Å². The Hall–Kier alpha value is -3.07. The van der Waals surface area contributed by atoms with E-state index in [0.717, 1.165) is 9.87 Å². The van der Waals surface area contributed by atoms with Gasteiger partial charge in [0.05, 0.1) is 25.7 Å². The second-order valence-electron chi connectivity index (χ2n) is 7.30. The number of rotatable bonds is 9. The highest BCUT2D eigenvalue weighted by molar-refractivity contribution is 7.89. The van der Waals surface area contributed by atoms with Crippen LogP contribution >= 0.6 is 11.6 Å². The Morgan fingerprint density at radius 1 is 0.970 bits per heavy atom. The van der Waals surface area contributed by atoms with Crippen molar-refractivity contribution in [3.8, 4) is 11.5 Å². The molecule has 3 aromatic carbocycles. The molecule has 0 atom stereocenters. The first-order valence-electron chi connectivity index (χ1n) is 10.1. The summed E-state index contributed by atoms with van der Waals surface area (Å²) in [6.45, 7) is 1.40. The molecule has 7 nitrogen and oxygen atoms in total. The number of aryl methyl sites for hydroxylation is 1. The maximum atomic E-state index is 13.4. The van der Waals surface area contributed by atoms with Crippen LogP contribution in [0.5, 0.6) is 11.5 Å². The number of amides is 1. The van der Waals surface area contributed by atoms with Crippen molar-refractivity contribution >= 4 is 33.2 Å². The van der Waals surface area contributed by atoms with Crippen molar-refractivity contribution in [2.75, 3.05) is 26.1 Å². The van der Waals surface area contributed by atoms with Crippen LogP contribution in [-0.2, 0) is 21.4 Å². The Morgan fingerprint density at radius 2 is 1.64 bits per heavy atom. The molecule has 0 fully saturated rings. The van der Waals surface area contributed by atoms with Gasteiger partial charge in [-0.1, -0.05) is 47.5 Å². The molecule has 0 saturated carbocycles. The van der Waals surface area contributed by atoms with Gasteiger partial charge in [-0.3, -0.25) is 4.79 Å². The summed E-state index contributed by atoms with van der Waals surface area (Å²) in [6.07, 6.45) is 0. The first-order chi connectivity index (χ1) is 15.7. The van der Waals surface area contributed by atoms with Gasteiger partial charge in [-0.05, 0) is 42.8 Å². The predicted octanol–water partition coefficient (Wildman–Crippen LogP) is 4.50. The normalized spacial score (nSPS) is 11.3. The van der Waals surface area contributed by atoms with E-state index in [1.807, 2.05) is 6.92 Å². The van der Waals surface area contributed by atoms with E-state index in [0.29, 0.717) is 27.8 Å². The number of hydrogen-bond donors (Lipinski definition) is 1. The molecule has 1 N–H and O–H groups in total. The molecule has 0 saturated heterocycles. The van der Waals surface area contributed by atoms with Crippen molar-refractivity contribution < 1.29 is 22.7 Å². The highest BCUT2D eigenvalue weighted by Crippen LogP contribution is 2.30. The number of nitrogens with zero attached hydrogens (tertiary/aromatic N) is 1. The predicted molar refractivity (Wildman–Crippen MR) is 128 cm³/mol. The molecule has 3 rings (SSSR count). The fourth-order valence-electron chi connectivity index (χ4n) is 3.18. The summed E-state index contributed by atoms with van der Waals surface area (Å²) in [5.41, 5.74) is 1.97. The maximum Gasteiger partial charge on any atom is 0.243 e. The van der Waals surface area contributed by atoms with E-state index in [1.165, 1.54) is 26.4 Å². The molecule has 0 radical (unpaired) electrons. The fourth-order valence-corrected chi connectivity index (χ4v) is 4.75. The molecule has 1 amide bonds. The van der Waals surface area contributed by atoms with E-state index in [1.54, 1.807) is 54.6 Å². The summed E-state index contributed by atoms with van der Waals surface area (Å²) < 4.78 is 38.4. The van der Waals surface area contributed by atoms with Crippen molar-refractivity contribution in [3.63, 3.8) is 0 Å². The second-order valence-corrected chi connectivity index (χ2v) is 9.64. The second kappa shape index (κ2) is 10.7. The molecule has 33 heavy (non-hydrogen) atoms. The van der Waals surface area contributed by atoms with Gasteiger partial charge in [-0.2, -0.15) is 4.31 Å². The van der Waals surface area contributed by atoms with Crippen LogP contribution in [0.3, 0.4) is 0 Å². The van der Waals surface area contributed by atoms with Gasteiger partial charge in [-0.15, -0.1) is 0 Å². The van der Waals surface area contributed by atoms with Gasteiger partial charge in [0.15, 0.2) is 11.5 Å². The van der Waals surface area contributed by atoms with E-state index >= 15 is 0 Å². The summed E-state index contributed by atoms with van der Waals surface area (Å²) in [6, 6.07) is 18.3. The number of halogens is 1. The summed E-state index contributed by atoms with van der Waals surface area (Å²) >= 11 is 6.27. The zero-order valence-corrected chi connectivity index (χ0v) is 20.1. The molecule has 9 heteroatoms. The largest absolute Gasteiger partial charge is 0.493 e. The van der Waals surface area contributed by atoms with Gasteiger partial charge in [0.1, 0.15) is 0 Å². The number of carbonyl (C=O) groups excluding carboxylic acids is 1. The van der Waals surface area contributed by atoms with Gasteiger partial charge >= 0.3 is 0 Å². The zero-order valence-electron chi connectivity index (χ0n) is 18.5. The first-order valence-corrected chi connectivity index (χ1v) is 11.9. The van der Waals surface area contributed by atoms with E-state index in [9.17, 15) is 13.2 Å². The van der Waals surface area contributed by atoms with Crippen LogP contribution in [0.1, 0.15) is 11.1 Å². The molecule has 0 aliphatic carbocycles. The number of hydrogen-bond acceptors (Lipinski definition) is 5. The monoisotopic (exact) mass is 488 g/mol. The lowest BCUT2D eigenvalue weighted by Gasteiger charge is -2.22. The Labute approximate surface area is 198 Å².